The minimum Gasteiger partial charge on any atom is -0.312 e. The molecule has 0 amide bonds. The Labute approximate surface area is 176 Å². The lowest BCUT2D eigenvalue weighted by molar-refractivity contribution is 0.113. The molecule has 0 aromatic carbocycles. The first-order valence-electron chi connectivity index (χ1n) is 10.0. The van der Waals surface area contributed by atoms with E-state index in [9.17, 15) is 10.1 Å². The lowest BCUT2D eigenvalue weighted by Gasteiger charge is -2.43. The number of nitrogens with zero attached hydrogens (tertiary/aromatic N) is 5. The van der Waals surface area contributed by atoms with Gasteiger partial charge in [0.2, 0.25) is 0 Å². The Morgan fingerprint density at radius 2 is 2.07 bits per heavy atom. The molecule has 2 atom stereocenters. The van der Waals surface area contributed by atoms with Gasteiger partial charge in [0.05, 0.1) is 11.3 Å². The third-order valence-corrected chi connectivity index (χ3v) is 6.56. The van der Waals surface area contributed by atoms with Gasteiger partial charge in [-0.15, -0.1) is 11.8 Å². The molecule has 2 aliphatic rings. The average Bonchev–Trinajstić information content (AvgIpc) is 2.70. The van der Waals surface area contributed by atoms with Crippen molar-refractivity contribution in [3.05, 3.63) is 57.1 Å². The molecule has 4 rings (SSSR count). The maximum absolute atomic E-state index is 13.0. The van der Waals surface area contributed by atoms with Gasteiger partial charge in [0.1, 0.15) is 11.1 Å². The summed E-state index contributed by atoms with van der Waals surface area (Å²) < 4.78 is 2.03. The zero-order valence-corrected chi connectivity index (χ0v) is 18.1. The number of hydrogen-bond acceptors (Lipinski definition) is 6. The first-order chi connectivity index (χ1) is 14.0. The van der Waals surface area contributed by atoms with E-state index in [-0.39, 0.29) is 5.56 Å². The molecule has 2 bridgehead atoms. The van der Waals surface area contributed by atoms with Crippen LogP contribution in [0.2, 0.25) is 0 Å². The summed E-state index contributed by atoms with van der Waals surface area (Å²) in [5.74, 6) is 0.883. The second-order valence-electron chi connectivity index (χ2n) is 8.40. The Bertz CT molecular complexity index is 1010. The molecular weight excluding hydrogens is 382 g/mol. The van der Waals surface area contributed by atoms with Crippen molar-refractivity contribution in [2.45, 2.75) is 37.0 Å². The van der Waals surface area contributed by atoms with Crippen molar-refractivity contribution in [3.8, 4) is 6.07 Å². The standard InChI is InChI=1S/C22H27N5OS/c1-25(2)12-17-5-7-20-18-8-15(11-27(20)22(17)28)10-26(13-18)14-19-6-4-16(9-23)21(24-19)29-3/h4-7,15,18H,8,10-14H2,1-3H3/t15-,18+/m0/s1. The van der Waals surface area contributed by atoms with E-state index < -0.39 is 0 Å². The van der Waals surface area contributed by atoms with Crippen LogP contribution in [0.3, 0.4) is 0 Å². The van der Waals surface area contributed by atoms with Crippen LogP contribution in [-0.4, -0.2) is 52.8 Å². The van der Waals surface area contributed by atoms with E-state index in [4.69, 9.17) is 0 Å². The molecule has 152 valence electrons. The van der Waals surface area contributed by atoms with Crippen molar-refractivity contribution in [2.24, 2.45) is 5.92 Å². The largest absolute Gasteiger partial charge is 0.312 e. The number of rotatable bonds is 5. The van der Waals surface area contributed by atoms with Crippen LogP contribution in [0.4, 0.5) is 0 Å². The van der Waals surface area contributed by atoms with Gasteiger partial charge in [0.25, 0.3) is 5.56 Å². The summed E-state index contributed by atoms with van der Waals surface area (Å²) in [6.07, 6.45) is 3.11. The van der Waals surface area contributed by atoms with Gasteiger partial charge >= 0.3 is 0 Å². The van der Waals surface area contributed by atoms with Gasteiger partial charge in [-0.3, -0.25) is 9.69 Å². The Hall–Kier alpha value is -2.14. The third-order valence-electron chi connectivity index (χ3n) is 5.86. The van der Waals surface area contributed by atoms with Crippen LogP contribution in [0, 0.1) is 17.2 Å². The second kappa shape index (κ2) is 8.31. The molecule has 0 saturated carbocycles. The summed E-state index contributed by atoms with van der Waals surface area (Å²) in [7, 11) is 3.99. The SMILES string of the molecule is CSc1nc(CN2C[C@@H]3C[C@H](C2)c2ccc(CN(C)C)c(=O)n2C3)ccc1C#N. The number of thioether (sulfide) groups is 1. The number of hydrogen-bond donors (Lipinski definition) is 0. The van der Waals surface area contributed by atoms with Crippen molar-refractivity contribution in [2.75, 3.05) is 33.4 Å². The van der Waals surface area contributed by atoms with Crippen molar-refractivity contribution >= 4 is 11.8 Å². The highest BCUT2D eigenvalue weighted by molar-refractivity contribution is 7.98. The molecule has 7 heteroatoms. The van der Waals surface area contributed by atoms with E-state index in [2.05, 4.69) is 22.0 Å². The lowest BCUT2D eigenvalue weighted by atomic mass is 9.83. The third kappa shape index (κ3) is 4.11. The van der Waals surface area contributed by atoms with Gasteiger partial charge in [0.15, 0.2) is 0 Å². The smallest absolute Gasteiger partial charge is 0.255 e. The molecule has 0 spiro atoms. The fraction of sp³-hybridized carbons (Fsp3) is 0.500. The molecule has 6 nitrogen and oxygen atoms in total. The van der Waals surface area contributed by atoms with Gasteiger partial charge in [-0.05, 0) is 50.9 Å². The Morgan fingerprint density at radius 1 is 1.24 bits per heavy atom. The molecule has 29 heavy (non-hydrogen) atoms. The maximum atomic E-state index is 13.0. The highest BCUT2D eigenvalue weighted by Gasteiger charge is 2.35. The minimum atomic E-state index is 0.178. The zero-order valence-electron chi connectivity index (χ0n) is 17.3. The predicted octanol–water partition coefficient (Wildman–Crippen LogP) is 2.52. The Balaban J connectivity index is 1.54. The number of fused-ring (bicyclic) bond motifs is 4. The average molecular weight is 410 g/mol. The number of aromatic nitrogens is 2. The van der Waals surface area contributed by atoms with Crippen LogP contribution >= 0.6 is 11.8 Å². The van der Waals surface area contributed by atoms with E-state index in [0.29, 0.717) is 23.9 Å². The molecule has 0 unspecified atom stereocenters. The van der Waals surface area contributed by atoms with E-state index in [1.807, 2.05) is 48.0 Å². The molecular formula is C22H27N5OS. The van der Waals surface area contributed by atoms with Gasteiger partial charge in [-0.2, -0.15) is 5.26 Å². The summed E-state index contributed by atoms with van der Waals surface area (Å²) >= 11 is 1.52. The maximum Gasteiger partial charge on any atom is 0.255 e. The molecule has 0 N–H and O–H groups in total. The normalized spacial score (nSPS) is 21.1. The number of nitriles is 1. The zero-order chi connectivity index (χ0) is 20.5. The monoisotopic (exact) mass is 409 g/mol. The fourth-order valence-corrected chi connectivity index (χ4v) is 5.26. The van der Waals surface area contributed by atoms with Crippen LogP contribution in [0.15, 0.2) is 34.1 Å². The first-order valence-corrected chi connectivity index (χ1v) is 11.2. The van der Waals surface area contributed by atoms with E-state index >= 15 is 0 Å². The molecule has 1 saturated heterocycles. The number of pyridine rings is 2. The topological polar surface area (TPSA) is 65.2 Å². The van der Waals surface area contributed by atoms with Crippen molar-refractivity contribution < 1.29 is 0 Å². The molecule has 1 fully saturated rings. The van der Waals surface area contributed by atoms with E-state index in [0.717, 1.165) is 48.9 Å². The van der Waals surface area contributed by atoms with Gasteiger partial charge in [-0.1, -0.05) is 6.07 Å². The quantitative estimate of drug-likeness (QED) is 0.707. The predicted molar refractivity (Wildman–Crippen MR) is 115 cm³/mol. The lowest BCUT2D eigenvalue weighted by Crippen LogP contribution is -2.47. The molecule has 4 heterocycles. The van der Waals surface area contributed by atoms with Gasteiger partial charge < -0.3 is 9.47 Å². The minimum absolute atomic E-state index is 0.178. The van der Waals surface area contributed by atoms with Gasteiger partial charge in [0, 0.05) is 49.9 Å². The van der Waals surface area contributed by atoms with Crippen molar-refractivity contribution in [1.82, 2.24) is 19.4 Å². The highest BCUT2D eigenvalue weighted by Crippen LogP contribution is 2.35. The summed E-state index contributed by atoms with van der Waals surface area (Å²) in [6.45, 7) is 4.20. The Morgan fingerprint density at radius 3 is 2.79 bits per heavy atom. The number of likely N-dealkylation sites (tertiary alicyclic amines) is 1. The van der Waals surface area contributed by atoms with Crippen molar-refractivity contribution in [1.29, 1.82) is 5.26 Å². The van der Waals surface area contributed by atoms with Crippen molar-refractivity contribution in [3.63, 3.8) is 0 Å². The van der Waals surface area contributed by atoms with Crippen LogP contribution < -0.4 is 5.56 Å². The van der Waals surface area contributed by atoms with Crippen LogP contribution in [0.25, 0.3) is 0 Å². The van der Waals surface area contributed by atoms with E-state index in [1.54, 1.807) is 0 Å². The molecule has 2 aromatic rings. The summed E-state index contributed by atoms with van der Waals surface area (Å²) in [5.41, 5.74) is 3.88. The van der Waals surface area contributed by atoms with Gasteiger partial charge in [-0.25, -0.2) is 4.98 Å². The summed E-state index contributed by atoms with van der Waals surface area (Å²) in [5, 5.41) is 10.0. The Kier molecular flexibility index (Phi) is 5.77. The molecule has 2 aromatic heterocycles. The second-order valence-corrected chi connectivity index (χ2v) is 9.20. The molecule has 0 radical (unpaired) electrons. The molecule has 2 aliphatic heterocycles. The highest BCUT2D eigenvalue weighted by atomic mass is 32.2. The van der Waals surface area contributed by atoms with E-state index in [1.165, 1.54) is 17.5 Å². The number of piperidine rings is 1. The summed E-state index contributed by atoms with van der Waals surface area (Å²) in [6, 6.07) is 10.2. The molecule has 0 aliphatic carbocycles. The first kappa shape index (κ1) is 20.1. The fourth-order valence-electron chi connectivity index (χ4n) is 4.72. The van der Waals surface area contributed by atoms with Crippen LogP contribution in [0.1, 0.15) is 34.9 Å². The van der Waals surface area contributed by atoms with Crippen LogP contribution in [0.5, 0.6) is 0 Å². The van der Waals surface area contributed by atoms with Crippen LogP contribution in [-0.2, 0) is 19.6 Å². The summed E-state index contributed by atoms with van der Waals surface area (Å²) in [4.78, 5) is 22.2.